The van der Waals surface area contributed by atoms with Crippen LogP contribution in [0.5, 0.6) is 0 Å². The van der Waals surface area contributed by atoms with Crippen LogP contribution in [0, 0.1) is 11.6 Å². The molecule has 3 heteroatoms. The predicted octanol–water partition coefficient (Wildman–Crippen LogP) is 4.23. The van der Waals surface area contributed by atoms with E-state index in [0.717, 1.165) is 18.1 Å². The summed E-state index contributed by atoms with van der Waals surface area (Å²) in [6, 6.07) is 12.0. The lowest BCUT2D eigenvalue weighted by Gasteiger charge is -2.20. The first-order valence-electron chi connectivity index (χ1n) is 6.93. The van der Waals surface area contributed by atoms with E-state index < -0.39 is 11.6 Å². The van der Waals surface area contributed by atoms with Crippen LogP contribution in [0.25, 0.3) is 0 Å². The Labute approximate surface area is 118 Å². The second-order valence-corrected chi connectivity index (χ2v) is 4.73. The Balaban J connectivity index is 2.47. The smallest absolute Gasteiger partial charge is 0.163 e. The summed E-state index contributed by atoms with van der Waals surface area (Å²) in [4.78, 5) is 0. The molecule has 1 atom stereocenters. The normalized spacial score (nSPS) is 12.4. The first kappa shape index (κ1) is 14.7. The van der Waals surface area contributed by atoms with E-state index >= 15 is 0 Å². The maximum absolute atomic E-state index is 14.0. The van der Waals surface area contributed by atoms with Crippen molar-refractivity contribution in [3.8, 4) is 0 Å². The summed E-state index contributed by atoms with van der Waals surface area (Å²) >= 11 is 0. The molecule has 0 aliphatic rings. The van der Waals surface area contributed by atoms with Crippen LogP contribution >= 0.6 is 0 Å². The maximum atomic E-state index is 14.0. The van der Waals surface area contributed by atoms with Crippen LogP contribution in [0.1, 0.15) is 36.6 Å². The molecule has 0 fully saturated rings. The lowest BCUT2D eigenvalue weighted by atomic mass is 9.96. The summed E-state index contributed by atoms with van der Waals surface area (Å²) < 4.78 is 27.5. The number of hydrogen-bond acceptors (Lipinski definition) is 1. The molecule has 20 heavy (non-hydrogen) atoms. The minimum Gasteiger partial charge on any atom is -0.306 e. The average molecular weight is 275 g/mol. The van der Waals surface area contributed by atoms with E-state index in [-0.39, 0.29) is 6.04 Å². The maximum Gasteiger partial charge on any atom is 0.163 e. The first-order chi connectivity index (χ1) is 9.67. The number of rotatable bonds is 5. The van der Waals surface area contributed by atoms with Crippen LogP contribution < -0.4 is 5.32 Å². The van der Waals surface area contributed by atoms with Gasteiger partial charge in [-0.15, -0.1) is 0 Å². The molecular weight excluding hydrogens is 256 g/mol. The SMILES string of the molecule is CCNC(c1cccc(CC)c1)c1cccc(F)c1F. The van der Waals surface area contributed by atoms with Gasteiger partial charge < -0.3 is 5.32 Å². The molecule has 2 rings (SSSR count). The first-order valence-corrected chi connectivity index (χ1v) is 6.93. The predicted molar refractivity (Wildman–Crippen MR) is 77.7 cm³/mol. The van der Waals surface area contributed by atoms with Gasteiger partial charge in [-0.2, -0.15) is 0 Å². The second-order valence-electron chi connectivity index (χ2n) is 4.73. The summed E-state index contributed by atoms with van der Waals surface area (Å²) in [5.74, 6) is -1.59. The fraction of sp³-hybridized carbons (Fsp3) is 0.294. The van der Waals surface area contributed by atoms with Crippen molar-refractivity contribution >= 4 is 0 Å². The van der Waals surface area contributed by atoms with E-state index in [1.54, 1.807) is 12.1 Å². The van der Waals surface area contributed by atoms with Crippen molar-refractivity contribution in [2.75, 3.05) is 6.54 Å². The molecular formula is C17H19F2N. The van der Waals surface area contributed by atoms with Gasteiger partial charge >= 0.3 is 0 Å². The molecule has 0 aliphatic carbocycles. The number of hydrogen-bond donors (Lipinski definition) is 1. The molecule has 0 aliphatic heterocycles. The largest absolute Gasteiger partial charge is 0.306 e. The summed E-state index contributed by atoms with van der Waals surface area (Å²) in [5, 5.41) is 3.23. The van der Waals surface area contributed by atoms with Gasteiger partial charge in [0.2, 0.25) is 0 Å². The molecule has 2 aromatic rings. The lowest BCUT2D eigenvalue weighted by Crippen LogP contribution is -2.23. The van der Waals surface area contributed by atoms with Crippen molar-refractivity contribution < 1.29 is 8.78 Å². The molecule has 0 saturated carbocycles. The van der Waals surface area contributed by atoms with E-state index in [1.165, 1.54) is 5.56 Å². The molecule has 0 bridgehead atoms. The van der Waals surface area contributed by atoms with Gasteiger partial charge in [-0.3, -0.25) is 0 Å². The molecule has 0 aromatic heterocycles. The van der Waals surface area contributed by atoms with Gasteiger partial charge in [-0.1, -0.05) is 50.2 Å². The average Bonchev–Trinajstić information content (AvgIpc) is 2.48. The van der Waals surface area contributed by atoms with E-state index in [0.29, 0.717) is 12.1 Å². The Morgan fingerprint density at radius 2 is 1.80 bits per heavy atom. The van der Waals surface area contributed by atoms with Crippen molar-refractivity contribution in [1.82, 2.24) is 5.32 Å². The molecule has 2 aromatic carbocycles. The van der Waals surface area contributed by atoms with E-state index in [1.807, 2.05) is 31.2 Å². The van der Waals surface area contributed by atoms with Gasteiger partial charge in [0, 0.05) is 5.56 Å². The highest BCUT2D eigenvalue weighted by atomic mass is 19.2. The molecule has 106 valence electrons. The van der Waals surface area contributed by atoms with Crippen molar-refractivity contribution in [2.45, 2.75) is 26.3 Å². The van der Waals surface area contributed by atoms with Crippen molar-refractivity contribution in [3.63, 3.8) is 0 Å². The Kier molecular flexibility index (Phi) is 4.85. The molecule has 0 saturated heterocycles. The second kappa shape index (κ2) is 6.62. The zero-order valence-electron chi connectivity index (χ0n) is 11.8. The number of nitrogens with one attached hydrogen (secondary N) is 1. The lowest BCUT2D eigenvalue weighted by molar-refractivity contribution is 0.483. The van der Waals surface area contributed by atoms with Crippen LogP contribution in [-0.4, -0.2) is 6.54 Å². The van der Waals surface area contributed by atoms with Crippen molar-refractivity contribution in [1.29, 1.82) is 0 Å². The van der Waals surface area contributed by atoms with E-state index in [2.05, 4.69) is 12.2 Å². The standard InChI is InChI=1S/C17H19F2N/c1-3-12-7-5-8-13(11-12)17(20-4-2)14-9-6-10-15(18)16(14)19/h5-11,17,20H,3-4H2,1-2H3. The minimum absolute atomic E-state index is 0.331. The van der Waals surface area contributed by atoms with Gasteiger partial charge in [-0.05, 0) is 30.2 Å². The number of halogens is 2. The van der Waals surface area contributed by atoms with Gasteiger partial charge in [0.05, 0.1) is 6.04 Å². The van der Waals surface area contributed by atoms with E-state index in [9.17, 15) is 8.78 Å². The molecule has 0 radical (unpaired) electrons. The summed E-state index contributed by atoms with van der Waals surface area (Å²) in [6.07, 6.45) is 0.915. The number of benzene rings is 2. The third-order valence-electron chi connectivity index (χ3n) is 3.39. The summed E-state index contributed by atoms with van der Waals surface area (Å²) in [7, 11) is 0. The zero-order chi connectivity index (χ0) is 14.5. The Morgan fingerprint density at radius 3 is 2.50 bits per heavy atom. The fourth-order valence-corrected chi connectivity index (χ4v) is 2.35. The Hall–Kier alpha value is -1.74. The highest BCUT2D eigenvalue weighted by Gasteiger charge is 2.19. The molecule has 1 nitrogen and oxygen atoms in total. The topological polar surface area (TPSA) is 12.0 Å². The molecule has 0 amide bonds. The van der Waals surface area contributed by atoms with Gasteiger partial charge in [0.15, 0.2) is 11.6 Å². The van der Waals surface area contributed by atoms with Crippen LogP contribution in [0.4, 0.5) is 8.78 Å². The molecule has 1 unspecified atom stereocenters. The van der Waals surface area contributed by atoms with Crippen molar-refractivity contribution in [2.24, 2.45) is 0 Å². The van der Waals surface area contributed by atoms with Gasteiger partial charge in [0.1, 0.15) is 0 Å². The Morgan fingerprint density at radius 1 is 1.05 bits per heavy atom. The quantitative estimate of drug-likeness (QED) is 0.861. The van der Waals surface area contributed by atoms with Crippen LogP contribution in [0.15, 0.2) is 42.5 Å². The zero-order valence-corrected chi connectivity index (χ0v) is 11.8. The van der Waals surface area contributed by atoms with E-state index in [4.69, 9.17) is 0 Å². The van der Waals surface area contributed by atoms with Crippen molar-refractivity contribution in [3.05, 3.63) is 70.8 Å². The number of aryl methyl sites for hydroxylation is 1. The molecule has 0 spiro atoms. The van der Waals surface area contributed by atoms with Crippen LogP contribution in [0.2, 0.25) is 0 Å². The van der Waals surface area contributed by atoms with Gasteiger partial charge in [0.25, 0.3) is 0 Å². The highest BCUT2D eigenvalue weighted by molar-refractivity contribution is 5.35. The monoisotopic (exact) mass is 275 g/mol. The van der Waals surface area contributed by atoms with Crippen LogP contribution in [0.3, 0.4) is 0 Å². The summed E-state index contributed by atoms with van der Waals surface area (Å²) in [5.41, 5.74) is 2.48. The van der Waals surface area contributed by atoms with Crippen LogP contribution in [-0.2, 0) is 6.42 Å². The minimum atomic E-state index is -0.808. The molecule has 0 heterocycles. The Bertz CT molecular complexity index is 581. The molecule has 1 N–H and O–H groups in total. The van der Waals surface area contributed by atoms with Gasteiger partial charge in [-0.25, -0.2) is 8.78 Å². The third kappa shape index (κ3) is 3.05. The summed E-state index contributed by atoms with van der Waals surface area (Å²) in [6.45, 7) is 4.70. The third-order valence-corrected chi connectivity index (χ3v) is 3.39. The fourth-order valence-electron chi connectivity index (χ4n) is 2.35. The highest BCUT2D eigenvalue weighted by Crippen LogP contribution is 2.26.